The number of methoxy groups -OCH3 is 1. The maximum Gasteiger partial charge on any atom is 0.252 e. The Labute approximate surface area is 113 Å². The molecule has 1 aliphatic heterocycles. The zero-order chi connectivity index (χ0) is 13.7. The van der Waals surface area contributed by atoms with E-state index in [1.807, 2.05) is 0 Å². The van der Waals surface area contributed by atoms with E-state index in [1.54, 1.807) is 7.11 Å². The molecule has 0 bridgehead atoms. The van der Waals surface area contributed by atoms with Crippen molar-refractivity contribution in [2.45, 2.75) is 45.5 Å². The van der Waals surface area contributed by atoms with Gasteiger partial charge < -0.3 is 19.3 Å². The molecular formula is C13H23N3O3. The average Bonchev–Trinajstić information content (AvgIpc) is 2.87. The highest BCUT2D eigenvalue weighted by Gasteiger charge is 2.22. The molecule has 2 heterocycles. The van der Waals surface area contributed by atoms with E-state index in [9.17, 15) is 0 Å². The van der Waals surface area contributed by atoms with Crippen LogP contribution in [0.25, 0.3) is 0 Å². The second-order valence-corrected chi connectivity index (χ2v) is 5.21. The Morgan fingerprint density at radius 1 is 1.37 bits per heavy atom. The second kappa shape index (κ2) is 6.98. The van der Waals surface area contributed by atoms with Gasteiger partial charge in [-0.3, -0.25) is 0 Å². The van der Waals surface area contributed by atoms with Crippen molar-refractivity contribution >= 4 is 0 Å². The highest BCUT2D eigenvalue weighted by Crippen LogP contribution is 2.22. The zero-order valence-electron chi connectivity index (χ0n) is 11.9. The number of piperidine rings is 1. The van der Waals surface area contributed by atoms with Crippen molar-refractivity contribution in [1.82, 2.24) is 15.5 Å². The summed E-state index contributed by atoms with van der Waals surface area (Å²) in [7, 11) is 1.66. The number of ether oxygens (including phenoxy) is 2. The van der Waals surface area contributed by atoms with E-state index in [0.29, 0.717) is 30.3 Å². The molecule has 1 unspecified atom stereocenters. The molecule has 0 saturated carbocycles. The Morgan fingerprint density at radius 3 is 2.74 bits per heavy atom. The van der Waals surface area contributed by atoms with Crippen molar-refractivity contribution in [3.8, 4) is 0 Å². The fourth-order valence-electron chi connectivity index (χ4n) is 2.27. The molecule has 0 aliphatic carbocycles. The van der Waals surface area contributed by atoms with Crippen molar-refractivity contribution in [3.63, 3.8) is 0 Å². The molecule has 1 atom stereocenters. The summed E-state index contributed by atoms with van der Waals surface area (Å²) >= 11 is 0. The van der Waals surface area contributed by atoms with E-state index in [1.165, 1.54) is 0 Å². The molecule has 1 fully saturated rings. The average molecular weight is 269 g/mol. The Morgan fingerprint density at radius 2 is 2.11 bits per heavy atom. The summed E-state index contributed by atoms with van der Waals surface area (Å²) < 4.78 is 16.4. The molecule has 108 valence electrons. The normalized spacial score (nSPS) is 18.9. The van der Waals surface area contributed by atoms with Crippen LogP contribution in [0.4, 0.5) is 0 Å². The van der Waals surface area contributed by atoms with E-state index in [0.717, 1.165) is 25.9 Å². The van der Waals surface area contributed by atoms with Crippen LogP contribution in [-0.2, 0) is 16.1 Å². The van der Waals surface area contributed by atoms with Gasteiger partial charge in [-0.1, -0.05) is 19.0 Å². The Hall–Kier alpha value is -0.980. The van der Waals surface area contributed by atoms with Gasteiger partial charge in [-0.05, 0) is 31.8 Å². The summed E-state index contributed by atoms with van der Waals surface area (Å²) in [4.78, 5) is 4.34. The first-order valence-corrected chi connectivity index (χ1v) is 6.88. The van der Waals surface area contributed by atoms with Gasteiger partial charge in [0.1, 0.15) is 12.7 Å². The van der Waals surface area contributed by atoms with Crippen LogP contribution in [0.5, 0.6) is 0 Å². The molecule has 0 spiro atoms. The van der Waals surface area contributed by atoms with E-state index < -0.39 is 0 Å². The molecule has 0 amide bonds. The van der Waals surface area contributed by atoms with Crippen LogP contribution < -0.4 is 5.32 Å². The van der Waals surface area contributed by atoms with Crippen molar-refractivity contribution in [3.05, 3.63) is 11.7 Å². The minimum Gasteiger partial charge on any atom is -0.373 e. The number of hydrogen-bond donors (Lipinski definition) is 1. The number of nitrogens with one attached hydrogen (secondary N) is 1. The zero-order valence-corrected chi connectivity index (χ0v) is 11.9. The van der Waals surface area contributed by atoms with Gasteiger partial charge in [0.05, 0.1) is 6.10 Å². The molecule has 0 aromatic carbocycles. The number of nitrogens with zero attached hydrogens (tertiary/aromatic N) is 2. The van der Waals surface area contributed by atoms with Crippen molar-refractivity contribution in [2.75, 3.05) is 20.2 Å². The third-order valence-electron chi connectivity index (χ3n) is 3.33. The molecule has 1 saturated heterocycles. The summed E-state index contributed by atoms with van der Waals surface area (Å²) in [6.07, 6.45) is 2.23. The topological polar surface area (TPSA) is 69.4 Å². The van der Waals surface area contributed by atoms with Crippen LogP contribution in [0, 0.1) is 5.92 Å². The lowest BCUT2D eigenvalue weighted by Gasteiger charge is -2.22. The summed E-state index contributed by atoms with van der Waals surface area (Å²) in [5.41, 5.74) is 0. The molecule has 1 aromatic rings. The SMILES string of the molecule is COC(c1noc(COC2CCNCC2)n1)C(C)C. The van der Waals surface area contributed by atoms with Gasteiger partial charge in [0, 0.05) is 7.11 Å². The molecule has 2 rings (SSSR count). The Kier molecular flexibility index (Phi) is 5.30. The van der Waals surface area contributed by atoms with Crippen LogP contribution in [0.3, 0.4) is 0 Å². The van der Waals surface area contributed by atoms with Crippen LogP contribution in [0.2, 0.25) is 0 Å². The molecule has 6 nitrogen and oxygen atoms in total. The van der Waals surface area contributed by atoms with E-state index in [-0.39, 0.29) is 6.10 Å². The third-order valence-corrected chi connectivity index (χ3v) is 3.33. The van der Waals surface area contributed by atoms with E-state index in [4.69, 9.17) is 14.0 Å². The third kappa shape index (κ3) is 3.99. The Balaban J connectivity index is 1.86. The van der Waals surface area contributed by atoms with E-state index in [2.05, 4.69) is 29.3 Å². The van der Waals surface area contributed by atoms with Crippen LogP contribution in [0.15, 0.2) is 4.52 Å². The summed E-state index contributed by atoms with van der Waals surface area (Å²) in [6, 6.07) is 0. The van der Waals surface area contributed by atoms with Gasteiger partial charge in [-0.15, -0.1) is 0 Å². The standard InChI is InChI=1S/C13H23N3O3/c1-9(2)12(17-3)13-15-11(19-16-13)8-18-10-4-6-14-7-5-10/h9-10,12,14H,4-8H2,1-3H3. The maximum absolute atomic E-state index is 5.78. The van der Waals surface area contributed by atoms with Crippen LogP contribution >= 0.6 is 0 Å². The van der Waals surface area contributed by atoms with Gasteiger partial charge in [0.2, 0.25) is 5.82 Å². The molecule has 0 radical (unpaired) electrons. The largest absolute Gasteiger partial charge is 0.373 e. The highest BCUT2D eigenvalue weighted by molar-refractivity contribution is 4.92. The summed E-state index contributed by atoms with van der Waals surface area (Å²) in [5, 5.41) is 7.27. The fraction of sp³-hybridized carbons (Fsp3) is 0.846. The van der Waals surface area contributed by atoms with Gasteiger partial charge >= 0.3 is 0 Å². The molecule has 19 heavy (non-hydrogen) atoms. The maximum atomic E-state index is 5.78. The molecule has 1 N–H and O–H groups in total. The lowest BCUT2D eigenvalue weighted by molar-refractivity contribution is 0.00858. The summed E-state index contributed by atoms with van der Waals surface area (Å²) in [6.45, 7) is 6.54. The molecule has 1 aromatic heterocycles. The molecule has 6 heteroatoms. The number of aromatic nitrogens is 2. The van der Waals surface area contributed by atoms with Crippen LogP contribution in [-0.4, -0.2) is 36.4 Å². The number of hydrogen-bond acceptors (Lipinski definition) is 6. The predicted molar refractivity (Wildman–Crippen MR) is 69.6 cm³/mol. The first kappa shape index (κ1) is 14.4. The van der Waals surface area contributed by atoms with Gasteiger partial charge in [0.25, 0.3) is 5.89 Å². The lowest BCUT2D eigenvalue weighted by Crippen LogP contribution is -2.32. The van der Waals surface area contributed by atoms with Gasteiger partial charge in [-0.25, -0.2) is 0 Å². The monoisotopic (exact) mass is 269 g/mol. The predicted octanol–water partition coefficient (Wildman–Crippen LogP) is 1.68. The molecular weight excluding hydrogens is 246 g/mol. The van der Waals surface area contributed by atoms with Crippen molar-refractivity contribution in [2.24, 2.45) is 5.92 Å². The van der Waals surface area contributed by atoms with Gasteiger partial charge in [0.15, 0.2) is 0 Å². The summed E-state index contributed by atoms with van der Waals surface area (Å²) in [5.74, 6) is 1.43. The van der Waals surface area contributed by atoms with Crippen LogP contribution in [0.1, 0.15) is 44.5 Å². The first-order valence-electron chi connectivity index (χ1n) is 6.88. The fourth-order valence-corrected chi connectivity index (χ4v) is 2.27. The number of rotatable bonds is 6. The smallest absolute Gasteiger partial charge is 0.252 e. The first-order chi connectivity index (χ1) is 9.20. The van der Waals surface area contributed by atoms with Gasteiger partial charge in [-0.2, -0.15) is 4.98 Å². The Bertz CT molecular complexity index is 375. The highest BCUT2D eigenvalue weighted by atomic mass is 16.5. The second-order valence-electron chi connectivity index (χ2n) is 5.21. The quantitative estimate of drug-likeness (QED) is 0.847. The minimum atomic E-state index is -0.128. The van der Waals surface area contributed by atoms with E-state index >= 15 is 0 Å². The minimum absolute atomic E-state index is 0.128. The lowest BCUT2D eigenvalue weighted by atomic mass is 10.1. The van der Waals surface area contributed by atoms with Crippen molar-refractivity contribution < 1.29 is 14.0 Å². The van der Waals surface area contributed by atoms with Crippen molar-refractivity contribution in [1.29, 1.82) is 0 Å². The molecule has 1 aliphatic rings.